The Morgan fingerprint density at radius 3 is 2.68 bits per heavy atom. The summed E-state index contributed by atoms with van der Waals surface area (Å²) in [6.45, 7) is -0.569. The molecular formula is C22H21F3N2O4. The average molecular weight is 434 g/mol. The van der Waals surface area contributed by atoms with Gasteiger partial charge >= 0.3 is 6.61 Å². The smallest absolute Gasteiger partial charge is 0.387 e. The molecule has 9 heteroatoms. The molecule has 0 bridgehead atoms. The van der Waals surface area contributed by atoms with Crippen molar-refractivity contribution in [3.63, 3.8) is 0 Å². The summed E-state index contributed by atoms with van der Waals surface area (Å²) in [6, 6.07) is 8.39. The van der Waals surface area contributed by atoms with Crippen LogP contribution in [0.25, 0.3) is 6.08 Å². The Morgan fingerprint density at radius 2 is 2.03 bits per heavy atom. The molecule has 164 valence electrons. The van der Waals surface area contributed by atoms with Crippen LogP contribution in [-0.2, 0) is 9.59 Å². The fourth-order valence-electron chi connectivity index (χ4n) is 3.15. The van der Waals surface area contributed by atoms with Gasteiger partial charge in [0.15, 0.2) is 11.5 Å². The van der Waals surface area contributed by atoms with Crippen LogP contribution in [0.2, 0.25) is 0 Å². The summed E-state index contributed by atoms with van der Waals surface area (Å²) < 4.78 is 49.0. The summed E-state index contributed by atoms with van der Waals surface area (Å²) in [7, 11) is 0. The highest BCUT2D eigenvalue weighted by atomic mass is 19.3. The highest BCUT2D eigenvalue weighted by molar-refractivity contribution is 6.02. The van der Waals surface area contributed by atoms with Crippen LogP contribution in [0.5, 0.6) is 11.5 Å². The van der Waals surface area contributed by atoms with E-state index in [4.69, 9.17) is 4.74 Å². The van der Waals surface area contributed by atoms with Gasteiger partial charge in [-0.3, -0.25) is 9.59 Å². The van der Waals surface area contributed by atoms with Gasteiger partial charge in [0.2, 0.25) is 11.8 Å². The van der Waals surface area contributed by atoms with Crippen molar-refractivity contribution >= 4 is 29.3 Å². The molecule has 1 aliphatic rings. The maximum Gasteiger partial charge on any atom is 0.387 e. The molecule has 1 saturated heterocycles. The number of halogens is 3. The number of nitrogens with one attached hydrogen (secondary N) is 1. The number of ether oxygens (including phenoxy) is 2. The van der Waals surface area contributed by atoms with Crippen molar-refractivity contribution < 1.29 is 32.2 Å². The van der Waals surface area contributed by atoms with Crippen molar-refractivity contribution in [3.8, 4) is 11.5 Å². The zero-order chi connectivity index (χ0) is 22.4. The number of carbonyl (C=O) groups is 2. The van der Waals surface area contributed by atoms with E-state index in [1.54, 1.807) is 6.92 Å². The van der Waals surface area contributed by atoms with Gasteiger partial charge in [0.05, 0.1) is 12.3 Å². The first-order valence-corrected chi connectivity index (χ1v) is 9.68. The first-order valence-electron chi connectivity index (χ1n) is 9.68. The Kier molecular flexibility index (Phi) is 7.17. The van der Waals surface area contributed by atoms with E-state index >= 15 is 0 Å². The number of benzene rings is 2. The summed E-state index contributed by atoms with van der Waals surface area (Å²) >= 11 is 0. The third kappa shape index (κ3) is 5.78. The van der Waals surface area contributed by atoms with E-state index in [1.165, 1.54) is 47.4 Å². The van der Waals surface area contributed by atoms with Crippen LogP contribution in [0.1, 0.15) is 25.3 Å². The standard InChI is InChI=1S/C22H21F3N2O4/c1-2-30-19-12-14(5-9-18(19)31-22(24)25)6-10-20(28)26-15-7-8-17(16(23)13-15)27-11-3-4-21(27)29/h5-10,12-13,22H,2-4,11H2,1H3,(H,26,28)/b10-6+. The van der Waals surface area contributed by atoms with Gasteiger partial charge in [0.1, 0.15) is 5.82 Å². The van der Waals surface area contributed by atoms with Crippen LogP contribution in [0.4, 0.5) is 24.5 Å². The van der Waals surface area contributed by atoms with Crippen LogP contribution in [0.3, 0.4) is 0 Å². The Bertz CT molecular complexity index is 995. The third-order valence-corrected chi connectivity index (χ3v) is 4.49. The molecule has 0 radical (unpaired) electrons. The van der Waals surface area contributed by atoms with E-state index in [9.17, 15) is 22.8 Å². The van der Waals surface area contributed by atoms with Gasteiger partial charge in [-0.15, -0.1) is 0 Å². The van der Waals surface area contributed by atoms with Gasteiger partial charge < -0.3 is 19.7 Å². The maximum atomic E-state index is 14.4. The molecule has 2 amide bonds. The van der Waals surface area contributed by atoms with E-state index in [-0.39, 0.29) is 35.4 Å². The van der Waals surface area contributed by atoms with Crippen LogP contribution < -0.4 is 19.7 Å². The number of amides is 2. The minimum atomic E-state index is -2.98. The number of hydrogen-bond acceptors (Lipinski definition) is 4. The minimum Gasteiger partial charge on any atom is -0.490 e. The fourth-order valence-corrected chi connectivity index (χ4v) is 3.15. The van der Waals surface area contributed by atoms with E-state index < -0.39 is 18.3 Å². The Hall–Kier alpha value is -3.49. The van der Waals surface area contributed by atoms with Gasteiger partial charge in [-0.1, -0.05) is 6.07 Å². The summed E-state index contributed by atoms with van der Waals surface area (Å²) in [4.78, 5) is 25.3. The molecule has 0 atom stereocenters. The Balaban J connectivity index is 1.67. The molecule has 1 aliphatic heterocycles. The number of hydrogen-bond donors (Lipinski definition) is 1. The molecule has 6 nitrogen and oxygen atoms in total. The monoisotopic (exact) mass is 434 g/mol. The summed E-state index contributed by atoms with van der Waals surface area (Å²) in [6.07, 6.45) is 3.75. The normalized spacial score (nSPS) is 13.8. The highest BCUT2D eigenvalue weighted by Gasteiger charge is 2.24. The number of alkyl halides is 2. The zero-order valence-electron chi connectivity index (χ0n) is 16.7. The Labute approximate surface area is 177 Å². The van der Waals surface area contributed by atoms with Gasteiger partial charge in [-0.25, -0.2) is 4.39 Å². The Morgan fingerprint density at radius 1 is 1.23 bits per heavy atom. The second kappa shape index (κ2) is 10.0. The molecule has 0 aliphatic carbocycles. The molecule has 3 rings (SSSR count). The molecule has 2 aromatic rings. The lowest BCUT2D eigenvalue weighted by Crippen LogP contribution is -2.24. The van der Waals surface area contributed by atoms with Crippen molar-refractivity contribution in [2.24, 2.45) is 0 Å². The first-order chi connectivity index (χ1) is 14.9. The van der Waals surface area contributed by atoms with Crippen molar-refractivity contribution in [2.75, 3.05) is 23.4 Å². The molecule has 1 N–H and O–H groups in total. The molecule has 0 unspecified atom stereocenters. The van der Waals surface area contributed by atoms with E-state index in [0.29, 0.717) is 24.9 Å². The zero-order valence-corrected chi connectivity index (χ0v) is 16.7. The molecule has 0 spiro atoms. The van der Waals surface area contributed by atoms with Crippen molar-refractivity contribution in [2.45, 2.75) is 26.4 Å². The van der Waals surface area contributed by atoms with Crippen LogP contribution >= 0.6 is 0 Å². The number of anilines is 2. The number of rotatable bonds is 8. The van der Waals surface area contributed by atoms with E-state index in [2.05, 4.69) is 10.1 Å². The van der Waals surface area contributed by atoms with Crippen LogP contribution in [-0.4, -0.2) is 31.6 Å². The topological polar surface area (TPSA) is 67.9 Å². The largest absolute Gasteiger partial charge is 0.490 e. The molecule has 2 aromatic carbocycles. The van der Waals surface area contributed by atoms with Crippen molar-refractivity contribution in [1.82, 2.24) is 0 Å². The average Bonchev–Trinajstić information content (AvgIpc) is 3.14. The van der Waals surface area contributed by atoms with Crippen molar-refractivity contribution in [1.29, 1.82) is 0 Å². The lowest BCUT2D eigenvalue weighted by atomic mass is 10.2. The molecule has 31 heavy (non-hydrogen) atoms. The number of carbonyl (C=O) groups excluding carboxylic acids is 2. The maximum absolute atomic E-state index is 14.4. The summed E-state index contributed by atoms with van der Waals surface area (Å²) in [5, 5.41) is 2.53. The van der Waals surface area contributed by atoms with Gasteiger partial charge in [-0.05, 0) is 55.3 Å². The first kappa shape index (κ1) is 22.2. The summed E-state index contributed by atoms with van der Waals surface area (Å²) in [5.41, 5.74) is 0.943. The minimum absolute atomic E-state index is 0.106. The van der Waals surface area contributed by atoms with Gasteiger partial charge in [0.25, 0.3) is 0 Å². The van der Waals surface area contributed by atoms with Crippen LogP contribution in [0, 0.1) is 5.82 Å². The van der Waals surface area contributed by atoms with E-state index in [0.717, 1.165) is 6.07 Å². The fraction of sp³-hybridized carbons (Fsp3) is 0.273. The molecule has 0 aromatic heterocycles. The highest BCUT2D eigenvalue weighted by Crippen LogP contribution is 2.30. The molecular weight excluding hydrogens is 413 g/mol. The lowest BCUT2D eigenvalue weighted by molar-refractivity contribution is -0.117. The molecule has 0 saturated carbocycles. The second-order valence-electron chi connectivity index (χ2n) is 6.66. The predicted molar refractivity (Wildman–Crippen MR) is 110 cm³/mol. The third-order valence-electron chi connectivity index (χ3n) is 4.49. The molecule has 1 fully saturated rings. The van der Waals surface area contributed by atoms with Gasteiger partial charge in [-0.2, -0.15) is 8.78 Å². The number of nitrogens with zero attached hydrogens (tertiary/aromatic N) is 1. The predicted octanol–water partition coefficient (Wildman–Crippen LogP) is 4.60. The quantitative estimate of drug-likeness (QED) is 0.617. The second-order valence-corrected chi connectivity index (χ2v) is 6.66. The van der Waals surface area contributed by atoms with Crippen LogP contribution in [0.15, 0.2) is 42.5 Å². The van der Waals surface area contributed by atoms with Gasteiger partial charge in [0, 0.05) is 24.7 Å². The molecule has 1 heterocycles. The lowest BCUT2D eigenvalue weighted by Gasteiger charge is -2.17. The van der Waals surface area contributed by atoms with Crippen molar-refractivity contribution in [3.05, 3.63) is 53.9 Å². The SMILES string of the molecule is CCOc1cc(/C=C/C(=O)Nc2ccc(N3CCCC3=O)c(F)c2)ccc1OC(F)F. The van der Waals surface area contributed by atoms with E-state index in [1.807, 2.05) is 0 Å². The summed E-state index contributed by atoms with van der Waals surface area (Å²) in [5.74, 6) is -1.23.